The van der Waals surface area contributed by atoms with Crippen molar-refractivity contribution < 1.29 is 5.11 Å². The summed E-state index contributed by atoms with van der Waals surface area (Å²) in [6, 6.07) is 4.17. The maximum absolute atomic E-state index is 8.85. The minimum absolute atomic E-state index is 0.250. The molecule has 0 fully saturated rings. The fourth-order valence-electron chi connectivity index (χ4n) is 1.27. The predicted molar refractivity (Wildman–Crippen MR) is 72.6 cm³/mol. The minimum atomic E-state index is 0.250. The summed E-state index contributed by atoms with van der Waals surface area (Å²) in [7, 11) is 0. The molecule has 0 bridgehead atoms. The van der Waals surface area contributed by atoms with Gasteiger partial charge in [0.25, 0.3) is 0 Å². The van der Waals surface area contributed by atoms with Crippen LogP contribution >= 0.6 is 39.0 Å². The second-order valence-corrected chi connectivity index (χ2v) is 7.47. The number of halogens is 1. The van der Waals surface area contributed by atoms with Crippen molar-refractivity contribution in [2.24, 2.45) is 5.73 Å². The number of hydrogen-bond acceptors (Lipinski definition) is 4. The van der Waals surface area contributed by atoms with Gasteiger partial charge in [0, 0.05) is 23.3 Å². The lowest BCUT2D eigenvalue weighted by Crippen LogP contribution is -2.12. The van der Waals surface area contributed by atoms with Crippen molar-refractivity contribution in [3.63, 3.8) is 0 Å². The Labute approximate surface area is 107 Å². The second-order valence-electron chi connectivity index (χ2n) is 3.33. The number of thioether (sulfide) groups is 1. The average molecular weight is 310 g/mol. The van der Waals surface area contributed by atoms with Crippen LogP contribution in [0.2, 0.25) is 0 Å². The van der Waals surface area contributed by atoms with E-state index in [2.05, 4.69) is 35.0 Å². The van der Waals surface area contributed by atoms with Crippen molar-refractivity contribution in [3.05, 3.63) is 20.8 Å². The largest absolute Gasteiger partial charge is 0.396 e. The molecule has 86 valence electrons. The summed E-state index contributed by atoms with van der Waals surface area (Å²) in [4.78, 5) is 1.30. The number of aliphatic hydroxyl groups is 1. The predicted octanol–water partition coefficient (Wildman–Crippen LogP) is 3.01. The summed E-state index contributed by atoms with van der Waals surface area (Å²) < 4.78 is 1.14. The summed E-state index contributed by atoms with van der Waals surface area (Å²) in [5.41, 5.74) is 5.77. The molecule has 1 aromatic rings. The Morgan fingerprint density at radius 2 is 2.33 bits per heavy atom. The smallest absolute Gasteiger partial charge is 0.0701 e. The van der Waals surface area contributed by atoms with Crippen LogP contribution in [0.5, 0.6) is 0 Å². The van der Waals surface area contributed by atoms with Crippen molar-refractivity contribution in [2.45, 2.75) is 23.8 Å². The van der Waals surface area contributed by atoms with E-state index in [0.717, 1.165) is 10.2 Å². The number of thiophene rings is 1. The van der Waals surface area contributed by atoms with Gasteiger partial charge < -0.3 is 10.8 Å². The Morgan fingerprint density at radius 3 is 2.80 bits per heavy atom. The Hall–Kier alpha value is 0.450. The van der Waals surface area contributed by atoms with E-state index in [-0.39, 0.29) is 6.61 Å². The van der Waals surface area contributed by atoms with E-state index in [9.17, 15) is 0 Å². The molecule has 0 saturated heterocycles. The molecule has 1 heterocycles. The molecular weight excluding hydrogens is 294 g/mol. The highest BCUT2D eigenvalue weighted by atomic mass is 79.9. The average Bonchev–Trinajstić information content (AvgIpc) is 2.61. The third-order valence-electron chi connectivity index (χ3n) is 2.06. The summed E-state index contributed by atoms with van der Waals surface area (Å²) in [6.45, 7) is 3.03. The van der Waals surface area contributed by atoms with Crippen LogP contribution in [0.4, 0.5) is 0 Å². The van der Waals surface area contributed by atoms with E-state index >= 15 is 0 Å². The quantitative estimate of drug-likeness (QED) is 0.849. The Balaban J connectivity index is 2.56. The fraction of sp³-hybridized carbons (Fsp3) is 0.600. The monoisotopic (exact) mass is 309 g/mol. The third kappa shape index (κ3) is 4.44. The van der Waals surface area contributed by atoms with Gasteiger partial charge in [0.05, 0.1) is 9.04 Å². The minimum Gasteiger partial charge on any atom is -0.396 e. The van der Waals surface area contributed by atoms with Crippen LogP contribution in [-0.4, -0.2) is 23.5 Å². The van der Waals surface area contributed by atoms with E-state index in [1.54, 1.807) is 11.3 Å². The highest BCUT2D eigenvalue weighted by Crippen LogP contribution is 2.37. The van der Waals surface area contributed by atoms with Gasteiger partial charge in [0.2, 0.25) is 0 Å². The first-order chi connectivity index (χ1) is 7.17. The van der Waals surface area contributed by atoms with Gasteiger partial charge in [-0.25, -0.2) is 0 Å². The molecule has 0 amide bonds. The Morgan fingerprint density at radius 1 is 1.60 bits per heavy atom. The van der Waals surface area contributed by atoms with Crippen LogP contribution in [-0.2, 0) is 0 Å². The summed E-state index contributed by atoms with van der Waals surface area (Å²) in [6.07, 6.45) is 0.827. The summed E-state index contributed by atoms with van der Waals surface area (Å²) >= 11 is 7.03. The molecule has 2 atom stereocenters. The lowest BCUT2D eigenvalue weighted by molar-refractivity contribution is 0.289. The van der Waals surface area contributed by atoms with Crippen LogP contribution in [0.15, 0.2) is 15.9 Å². The summed E-state index contributed by atoms with van der Waals surface area (Å²) in [5.74, 6) is 0. The first-order valence-electron chi connectivity index (χ1n) is 4.89. The van der Waals surface area contributed by atoms with Crippen molar-refractivity contribution >= 4 is 39.0 Å². The van der Waals surface area contributed by atoms with E-state index < -0.39 is 0 Å². The molecule has 2 nitrogen and oxygen atoms in total. The number of hydrogen-bond donors (Lipinski definition) is 2. The molecule has 1 rings (SSSR count). The van der Waals surface area contributed by atoms with E-state index in [4.69, 9.17) is 10.8 Å². The number of nitrogens with two attached hydrogens (primary N) is 1. The van der Waals surface area contributed by atoms with Crippen molar-refractivity contribution in [3.8, 4) is 0 Å². The van der Waals surface area contributed by atoms with E-state index in [1.807, 2.05) is 11.8 Å². The zero-order valence-electron chi connectivity index (χ0n) is 8.65. The Bertz CT molecular complexity index is 293. The first kappa shape index (κ1) is 13.5. The van der Waals surface area contributed by atoms with Gasteiger partial charge in [-0.05, 0) is 34.5 Å². The SMILES string of the molecule is CC(CCO)SC(CN)c1ccc(Br)s1. The molecule has 3 N–H and O–H groups in total. The van der Waals surface area contributed by atoms with Gasteiger partial charge in [-0.15, -0.1) is 23.1 Å². The van der Waals surface area contributed by atoms with Crippen LogP contribution in [0.25, 0.3) is 0 Å². The molecule has 0 aliphatic rings. The van der Waals surface area contributed by atoms with Crippen molar-refractivity contribution in [1.29, 1.82) is 0 Å². The van der Waals surface area contributed by atoms with Crippen molar-refractivity contribution in [1.82, 2.24) is 0 Å². The highest BCUT2D eigenvalue weighted by Gasteiger charge is 2.15. The maximum atomic E-state index is 8.85. The van der Waals surface area contributed by atoms with Gasteiger partial charge in [-0.2, -0.15) is 0 Å². The highest BCUT2D eigenvalue weighted by molar-refractivity contribution is 9.11. The normalized spacial score (nSPS) is 15.2. The molecule has 5 heteroatoms. The van der Waals surface area contributed by atoms with E-state index in [1.165, 1.54) is 4.88 Å². The molecule has 0 radical (unpaired) electrons. The summed E-state index contributed by atoms with van der Waals surface area (Å²) in [5, 5.41) is 9.65. The zero-order chi connectivity index (χ0) is 11.3. The standard InChI is InChI=1S/C10H16BrNOS2/c1-7(4-5-13)14-9(6-12)8-2-3-10(11)15-8/h2-3,7,9,13H,4-6,12H2,1H3. The maximum Gasteiger partial charge on any atom is 0.0701 e. The zero-order valence-corrected chi connectivity index (χ0v) is 11.9. The van der Waals surface area contributed by atoms with Crippen LogP contribution in [0.3, 0.4) is 0 Å². The molecule has 0 aromatic carbocycles. The molecule has 0 aliphatic carbocycles. The molecular formula is C10H16BrNOS2. The van der Waals surface area contributed by atoms with Gasteiger partial charge >= 0.3 is 0 Å². The molecule has 0 spiro atoms. The van der Waals surface area contributed by atoms with Gasteiger partial charge in [-0.3, -0.25) is 0 Å². The molecule has 1 aromatic heterocycles. The van der Waals surface area contributed by atoms with E-state index in [0.29, 0.717) is 17.0 Å². The Kier molecular flexibility index (Phi) is 6.23. The number of aliphatic hydroxyl groups excluding tert-OH is 1. The van der Waals surface area contributed by atoms with Crippen LogP contribution in [0.1, 0.15) is 23.5 Å². The molecule has 0 aliphatic heterocycles. The fourth-order valence-corrected chi connectivity index (χ4v) is 4.13. The van der Waals surface area contributed by atoms with Crippen LogP contribution in [0, 0.1) is 0 Å². The van der Waals surface area contributed by atoms with Gasteiger partial charge in [0.15, 0.2) is 0 Å². The van der Waals surface area contributed by atoms with Crippen molar-refractivity contribution in [2.75, 3.05) is 13.2 Å². The third-order valence-corrected chi connectivity index (χ3v) is 5.42. The topological polar surface area (TPSA) is 46.2 Å². The van der Waals surface area contributed by atoms with Crippen LogP contribution < -0.4 is 5.73 Å². The lowest BCUT2D eigenvalue weighted by Gasteiger charge is -2.17. The first-order valence-corrected chi connectivity index (χ1v) is 7.44. The van der Waals surface area contributed by atoms with Gasteiger partial charge in [-0.1, -0.05) is 6.92 Å². The molecule has 2 unspecified atom stereocenters. The number of rotatable bonds is 6. The molecule has 0 saturated carbocycles. The van der Waals surface area contributed by atoms with Gasteiger partial charge in [0.1, 0.15) is 0 Å². The second kappa shape index (κ2) is 6.91. The lowest BCUT2D eigenvalue weighted by atomic mass is 10.3. The molecule has 15 heavy (non-hydrogen) atoms.